The zero-order chi connectivity index (χ0) is 13.5. The molecule has 1 aromatic rings. The first-order valence-corrected chi connectivity index (χ1v) is 6.68. The standard InChI is InChI=1S/C14H18FNO3/c1-14(4-2-5-16-14)11-12(17)9(15)8-10-13(11)19-7-3-6-18-10/h8,16-17H,2-7H2,1H3. The predicted molar refractivity (Wildman–Crippen MR) is 68.3 cm³/mol. The van der Waals surface area contributed by atoms with Gasteiger partial charge in [-0.1, -0.05) is 0 Å². The summed E-state index contributed by atoms with van der Waals surface area (Å²) < 4.78 is 25.1. The molecule has 1 aromatic carbocycles. The average Bonchev–Trinajstić information content (AvgIpc) is 2.68. The van der Waals surface area contributed by atoms with Crippen LogP contribution in [0.15, 0.2) is 6.07 Å². The summed E-state index contributed by atoms with van der Waals surface area (Å²) in [5, 5.41) is 13.4. The lowest BCUT2D eigenvalue weighted by atomic mass is 9.88. The molecule has 104 valence electrons. The summed E-state index contributed by atoms with van der Waals surface area (Å²) in [6.45, 7) is 3.83. The molecule has 0 aromatic heterocycles. The Morgan fingerprint density at radius 3 is 2.84 bits per heavy atom. The minimum Gasteiger partial charge on any atom is -0.504 e. The van der Waals surface area contributed by atoms with Crippen molar-refractivity contribution in [2.24, 2.45) is 0 Å². The Kier molecular flexibility index (Phi) is 3.01. The van der Waals surface area contributed by atoms with Crippen LogP contribution in [-0.4, -0.2) is 24.9 Å². The first kappa shape index (κ1) is 12.5. The molecule has 2 aliphatic heterocycles. The zero-order valence-electron chi connectivity index (χ0n) is 11.0. The van der Waals surface area contributed by atoms with Gasteiger partial charge in [-0.25, -0.2) is 4.39 Å². The van der Waals surface area contributed by atoms with E-state index in [1.54, 1.807) is 0 Å². The lowest BCUT2D eigenvalue weighted by Gasteiger charge is -2.28. The number of fused-ring (bicyclic) bond motifs is 1. The highest BCUT2D eigenvalue weighted by atomic mass is 19.1. The van der Waals surface area contributed by atoms with Crippen LogP contribution >= 0.6 is 0 Å². The van der Waals surface area contributed by atoms with Crippen LogP contribution in [0.2, 0.25) is 0 Å². The van der Waals surface area contributed by atoms with Gasteiger partial charge in [0, 0.05) is 18.0 Å². The molecule has 2 N–H and O–H groups in total. The van der Waals surface area contributed by atoms with Crippen molar-refractivity contribution in [3.63, 3.8) is 0 Å². The Labute approximate surface area is 111 Å². The third-order valence-corrected chi connectivity index (χ3v) is 3.88. The van der Waals surface area contributed by atoms with Crippen molar-refractivity contribution in [2.75, 3.05) is 19.8 Å². The van der Waals surface area contributed by atoms with E-state index in [2.05, 4.69) is 5.32 Å². The van der Waals surface area contributed by atoms with Crippen molar-refractivity contribution in [3.8, 4) is 17.2 Å². The molecule has 3 rings (SSSR count). The Bertz CT molecular complexity index is 498. The van der Waals surface area contributed by atoms with Gasteiger partial charge in [-0.3, -0.25) is 0 Å². The van der Waals surface area contributed by atoms with Crippen molar-refractivity contribution in [1.82, 2.24) is 5.32 Å². The molecule has 1 atom stereocenters. The second-order valence-corrected chi connectivity index (χ2v) is 5.32. The Balaban J connectivity index is 2.18. The van der Waals surface area contributed by atoms with Crippen molar-refractivity contribution < 1.29 is 19.0 Å². The zero-order valence-corrected chi connectivity index (χ0v) is 11.0. The van der Waals surface area contributed by atoms with E-state index >= 15 is 0 Å². The fraction of sp³-hybridized carbons (Fsp3) is 0.571. The van der Waals surface area contributed by atoms with Gasteiger partial charge in [-0.2, -0.15) is 0 Å². The second-order valence-electron chi connectivity index (χ2n) is 5.32. The number of benzene rings is 1. The summed E-state index contributed by atoms with van der Waals surface area (Å²) in [5.74, 6) is -0.124. The van der Waals surface area contributed by atoms with Crippen LogP contribution in [-0.2, 0) is 5.54 Å². The van der Waals surface area contributed by atoms with Crippen molar-refractivity contribution in [2.45, 2.75) is 31.7 Å². The molecule has 0 aliphatic carbocycles. The molecule has 19 heavy (non-hydrogen) atoms. The summed E-state index contributed by atoms with van der Waals surface area (Å²) in [5.41, 5.74) is 0.0196. The summed E-state index contributed by atoms with van der Waals surface area (Å²) in [6.07, 6.45) is 2.57. The number of aromatic hydroxyl groups is 1. The van der Waals surface area contributed by atoms with E-state index in [1.807, 2.05) is 6.92 Å². The summed E-state index contributed by atoms with van der Waals surface area (Å²) in [7, 11) is 0. The summed E-state index contributed by atoms with van der Waals surface area (Å²) in [6, 6.07) is 1.21. The maximum absolute atomic E-state index is 13.9. The number of phenolic OH excluding ortho intramolecular Hbond substituents is 1. The van der Waals surface area contributed by atoms with Crippen molar-refractivity contribution in [1.29, 1.82) is 0 Å². The Hall–Kier alpha value is -1.49. The molecule has 0 saturated carbocycles. The number of halogens is 1. The Morgan fingerprint density at radius 1 is 1.32 bits per heavy atom. The number of ether oxygens (including phenoxy) is 2. The Morgan fingerprint density at radius 2 is 2.11 bits per heavy atom. The molecular formula is C14H18FNO3. The van der Waals surface area contributed by atoms with Crippen LogP contribution in [0.4, 0.5) is 4.39 Å². The van der Waals surface area contributed by atoms with Gasteiger partial charge in [-0.15, -0.1) is 0 Å². The molecule has 2 heterocycles. The molecule has 0 amide bonds. The minimum absolute atomic E-state index is 0.332. The fourth-order valence-electron chi connectivity index (χ4n) is 2.88. The lowest BCUT2D eigenvalue weighted by molar-refractivity contribution is 0.289. The van der Waals surface area contributed by atoms with E-state index in [-0.39, 0.29) is 5.75 Å². The number of nitrogens with one attached hydrogen (secondary N) is 1. The molecule has 4 nitrogen and oxygen atoms in total. The minimum atomic E-state index is -0.658. The predicted octanol–water partition coefficient (Wildman–Crippen LogP) is 2.29. The maximum atomic E-state index is 13.9. The molecule has 0 radical (unpaired) electrons. The molecule has 1 saturated heterocycles. The van der Waals surface area contributed by atoms with Crippen LogP contribution in [0.1, 0.15) is 31.7 Å². The highest BCUT2D eigenvalue weighted by Crippen LogP contribution is 2.48. The van der Waals surface area contributed by atoms with Gasteiger partial charge in [0.25, 0.3) is 0 Å². The van der Waals surface area contributed by atoms with E-state index in [9.17, 15) is 9.50 Å². The van der Waals surface area contributed by atoms with Gasteiger partial charge in [0.2, 0.25) is 0 Å². The SMILES string of the molecule is CC1(c2c(O)c(F)cc3c2OCCCO3)CCCN1. The smallest absolute Gasteiger partial charge is 0.170 e. The van der Waals surface area contributed by atoms with E-state index in [0.717, 1.165) is 25.8 Å². The van der Waals surface area contributed by atoms with Gasteiger partial charge in [-0.05, 0) is 26.3 Å². The third-order valence-electron chi connectivity index (χ3n) is 3.88. The molecule has 5 heteroatoms. The van der Waals surface area contributed by atoms with E-state index in [4.69, 9.17) is 9.47 Å². The van der Waals surface area contributed by atoms with Crippen LogP contribution < -0.4 is 14.8 Å². The molecule has 0 bridgehead atoms. The largest absolute Gasteiger partial charge is 0.504 e. The fourth-order valence-corrected chi connectivity index (χ4v) is 2.88. The molecule has 2 aliphatic rings. The van der Waals surface area contributed by atoms with Gasteiger partial charge in [0.05, 0.1) is 18.8 Å². The summed E-state index contributed by atoms with van der Waals surface area (Å²) >= 11 is 0. The van der Waals surface area contributed by atoms with Crippen LogP contribution in [0.25, 0.3) is 0 Å². The van der Waals surface area contributed by atoms with Crippen LogP contribution in [0.3, 0.4) is 0 Å². The maximum Gasteiger partial charge on any atom is 0.170 e. The lowest BCUT2D eigenvalue weighted by Crippen LogP contribution is -2.34. The van der Waals surface area contributed by atoms with E-state index in [1.165, 1.54) is 6.07 Å². The van der Waals surface area contributed by atoms with Crippen LogP contribution in [0.5, 0.6) is 17.2 Å². The van der Waals surface area contributed by atoms with Gasteiger partial charge >= 0.3 is 0 Å². The topological polar surface area (TPSA) is 50.7 Å². The average molecular weight is 267 g/mol. The second kappa shape index (κ2) is 4.56. The first-order valence-electron chi connectivity index (χ1n) is 6.68. The van der Waals surface area contributed by atoms with Crippen molar-refractivity contribution in [3.05, 3.63) is 17.4 Å². The van der Waals surface area contributed by atoms with Gasteiger partial charge in [0.15, 0.2) is 23.1 Å². The van der Waals surface area contributed by atoms with Gasteiger partial charge in [0.1, 0.15) is 0 Å². The highest BCUT2D eigenvalue weighted by molar-refractivity contribution is 5.57. The van der Waals surface area contributed by atoms with Gasteiger partial charge < -0.3 is 19.9 Å². The normalized spacial score (nSPS) is 26.2. The third kappa shape index (κ3) is 2.02. The van der Waals surface area contributed by atoms with Crippen molar-refractivity contribution >= 4 is 0 Å². The quantitative estimate of drug-likeness (QED) is 0.819. The van der Waals surface area contributed by atoms with E-state index in [0.29, 0.717) is 30.3 Å². The molecular weight excluding hydrogens is 249 g/mol. The highest BCUT2D eigenvalue weighted by Gasteiger charge is 2.38. The number of rotatable bonds is 1. The summed E-state index contributed by atoms with van der Waals surface area (Å²) in [4.78, 5) is 0. The number of hydrogen-bond acceptors (Lipinski definition) is 4. The first-order chi connectivity index (χ1) is 9.12. The molecule has 0 spiro atoms. The molecule has 1 unspecified atom stereocenters. The number of hydrogen-bond donors (Lipinski definition) is 2. The monoisotopic (exact) mass is 267 g/mol. The van der Waals surface area contributed by atoms with E-state index < -0.39 is 11.4 Å². The number of phenols is 1. The molecule has 1 fully saturated rings. The van der Waals surface area contributed by atoms with Crippen LogP contribution in [0, 0.1) is 5.82 Å².